The summed E-state index contributed by atoms with van der Waals surface area (Å²) in [6.45, 7) is 3.21. The summed E-state index contributed by atoms with van der Waals surface area (Å²) >= 11 is 18.6. The number of methoxy groups -OCH3 is 2. The van der Waals surface area contributed by atoms with Crippen molar-refractivity contribution in [3.05, 3.63) is 91.6 Å². The van der Waals surface area contributed by atoms with Gasteiger partial charge in [0.05, 0.1) is 43.7 Å². The van der Waals surface area contributed by atoms with E-state index in [9.17, 15) is 14.4 Å². The van der Waals surface area contributed by atoms with Crippen LogP contribution >= 0.6 is 34.8 Å². The van der Waals surface area contributed by atoms with Crippen molar-refractivity contribution in [2.75, 3.05) is 27.4 Å². The number of benzene rings is 3. The van der Waals surface area contributed by atoms with E-state index < -0.39 is 30.6 Å². The Hall–Kier alpha value is -4.65. The first kappa shape index (κ1) is 35.2. The summed E-state index contributed by atoms with van der Waals surface area (Å²) in [7, 11) is 2.89. The first-order valence-electron chi connectivity index (χ1n) is 14.1. The lowest BCUT2D eigenvalue weighted by Gasteiger charge is -2.28. The van der Waals surface area contributed by atoms with Crippen molar-refractivity contribution in [2.24, 2.45) is 5.10 Å². The minimum Gasteiger partial charge on any atom is -0.493 e. The van der Waals surface area contributed by atoms with Crippen LogP contribution in [0.15, 0.2) is 64.9 Å². The van der Waals surface area contributed by atoms with Gasteiger partial charge in [-0.25, -0.2) is 15.0 Å². The molecule has 1 atom stereocenters. The van der Waals surface area contributed by atoms with Crippen LogP contribution in [-0.4, -0.2) is 51.6 Å². The number of carbonyl (C=O) groups is 3. The number of hydrogen-bond donors (Lipinski definition) is 3. The molecule has 12 nitrogen and oxygen atoms in total. The summed E-state index contributed by atoms with van der Waals surface area (Å²) in [5.74, 6) is 0.0530. The fraction of sp³-hybridized carbons (Fsp3) is 0.250. The SMILES string of the molecule is CCOC(=O)C1=C(C)NC(=O)N[C@@H]1c1ccc(OCC(=O)N/N=C\c2cc(Cl)c(OCc3ccc(Cl)cc3Cl)c(OC)c2)c(OC)c1. The Kier molecular flexibility index (Phi) is 12.2. The molecule has 3 N–H and O–H groups in total. The number of hydrogen-bond acceptors (Lipinski definition) is 9. The van der Waals surface area contributed by atoms with Gasteiger partial charge in [-0.05, 0) is 61.4 Å². The van der Waals surface area contributed by atoms with Crippen LogP contribution in [0, 0.1) is 0 Å². The first-order chi connectivity index (χ1) is 22.5. The highest BCUT2D eigenvalue weighted by Gasteiger charge is 2.32. The highest BCUT2D eigenvalue weighted by atomic mass is 35.5. The Labute approximate surface area is 285 Å². The fourth-order valence-corrected chi connectivity index (χ4v) is 5.24. The second-order valence-electron chi connectivity index (χ2n) is 9.84. The Morgan fingerprint density at radius 2 is 1.72 bits per heavy atom. The molecule has 0 radical (unpaired) electrons. The van der Waals surface area contributed by atoms with Crippen molar-refractivity contribution in [3.8, 4) is 23.0 Å². The Morgan fingerprint density at radius 3 is 2.43 bits per heavy atom. The number of nitrogens with zero attached hydrogens (tertiary/aromatic N) is 1. The fourth-order valence-electron chi connectivity index (χ4n) is 4.50. The molecule has 15 heteroatoms. The average Bonchev–Trinajstić information content (AvgIpc) is 3.03. The summed E-state index contributed by atoms with van der Waals surface area (Å²) in [5.41, 5.74) is 4.79. The number of halogens is 3. The molecule has 0 saturated carbocycles. The molecule has 3 aromatic rings. The molecule has 1 heterocycles. The van der Waals surface area contributed by atoms with Crippen molar-refractivity contribution in [2.45, 2.75) is 26.5 Å². The molecule has 0 saturated heterocycles. The zero-order valence-electron chi connectivity index (χ0n) is 25.7. The molecule has 3 amide bonds. The smallest absolute Gasteiger partial charge is 0.338 e. The summed E-state index contributed by atoms with van der Waals surface area (Å²) in [6.07, 6.45) is 1.38. The number of allylic oxidation sites excluding steroid dienone is 1. The van der Waals surface area contributed by atoms with E-state index in [0.717, 1.165) is 0 Å². The summed E-state index contributed by atoms with van der Waals surface area (Å²) < 4.78 is 27.6. The maximum Gasteiger partial charge on any atom is 0.338 e. The zero-order chi connectivity index (χ0) is 34.1. The molecule has 1 aliphatic heterocycles. The molecule has 0 bridgehead atoms. The third kappa shape index (κ3) is 9.00. The molecule has 3 aromatic carbocycles. The Morgan fingerprint density at radius 1 is 0.957 bits per heavy atom. The number of amides is 3. The molecule has 47 heavy (non-hydrogen) atoms. The van der Waals surface area contributed by atoms with Crippen molar-refractivity contribution in [1.82, 2.24) is 16.1 Å². The maximum absolute atomic E-state index is 12.6. The molecular formula is C32H31Cl3N4O8. The van der Waals surface area contributed by atoms with Gasteiger partial charge in [-0.15, -0.1) is 0 Å². The maximum atomic E-state index is 12.6. The van der Waals surface area contributed by atoms with E-state index in [1.54, 1.807) is 62.4 Å². The normalized spacial score (nSPS) is 14.3. The minimum atomic E-state index is -0.793. The predicted molar refractivity (Wildman–Crippen MR) is 177 cm³/mol. The predicted octanol–water partition coefficient (Wildman–Crippen LogP) is 5.96. The van der Waals surface area contributed by atoms with E-state index in [-0.39, 0.29) is 35.3 Å². The second-order valence-corrected chi connectivity index (χ2v) is 11.1. The monoisotopic (exact) mass is 704 g/mol. The van der Waals surface area contributed by atoms with E-state index in [2.05, 4.69) is 21.2 Å². The van der Waals surface area contributed by atoms with Gasteiger partial charge >= 0.3 is 12.0 Å². The van der Waals surface area contributed by atoms with Crippen LogP contribution in [0.1, 0.15) is 36.6 Å². The molecular weight excluding hydrogens is 675 g/mol. The van der Waals surface area contributed by atoms with E-state index in [1.807, 2.05) is 0 Å². The van der Waals surface area contributed by atoms with Crippen LogP contribution in [0.3, 0.4) is 0 Å². The van der Waals surface area contributed by atoms with Gasteiger partial charge < -0.3 is 34.3 Å². The van der Waals surface area contributed by atoms with Gasteiger partial charge in [-0.3, -0.25) is 4.79 Å². The van der Waals surface area contributed by atoms with Crippen LogP contribution in [-0.2, 0) is 20.9 Å². The summed E-state index contributed by atoms with van der Waals surface area (Å²) in [5, 5.41) is 10.5. The zero-order valence-corrected chi connectivity index (χ0v) is 28.0. The molecule has 0 aliphatic carbocycles. The quantitative estimate of drug-likeness (QED) is 0.112. The van der Waals surface area contributed by atoms with Crippen molar-refractivity contribution in [3.63, 3.8) is 0 Å². The molecule has 4 rings (SSSR count). The molecule has 0 fully saturated rings. The summed E-state index contributed by atoms with van der Waals surface area (Å²) in [6, 6.07) is 11.8. The standard InChI is InChI=1S/C32H31Cl3N4O8/c1-5-45-31(41)28-17(2)37-32(42)38-29(28)19-7-9-24(25(12-19)43-3)46-16-27(40)39-36-14-18-10-23(35)30(26(11-18)44-4)47-15-20-6-8-21(33)13-22(20)34/h6-14,29H,5,15-16H2,1-4H3,(H,39,40)(H2,37,38,42)/b36-14-/t29-/m1/s1. The van der Waals surface area contributed by atoms with Crippen molar-refractivity contribution >= 4 is 58.9 Å². The molecule has 0 spiro atoms. The molecule has 1 aliphatic rings. The molecule has 0 aromatic heterocycles. The van der Waals surface area contributed by atoms with Gasteiger partial charge in [0.25, 0.3) is 5.91 Å². The Bertz CT molecular complexity index is 1730. The lowest BCUT2D eigenvalue weighted by Crippen LogP contribution is -2.45. The number of rotatable bonds is 13. The lowest BCUT2D eigenvalue weighted by atomic mass is 9.95. The number of urea groups is 1. The topological polar surface area (TPSA) is 146 Å². The Balaban J connectivity index is 1.38. The van der Waals surface area contributed by atoms with Gasteiger partial charge in [-0.2, -0.15) is 5.10 Å². The highest BCUT2D eigenvalue weighted by molar-refractivity contribution is 6.35. The number of ether oxygens (including phenoxy) is 5. The first-order valence-corrected chi connectivity index (χ1v) is 15.2. The van der Waals surface area contributed by atoms with Crippen LogP contribution in [0.5, 0.6) is 23.0 Å². The van der Waals surface area contributed by atoms with Gasteiger partial charge in [-0.1, -0.05) is 46.9 Å². The largest absolute Gasteiger partial charge is 0.493 e. The minimum absolute atomic E-state index is 0.128. The van der Waals surface area contributed by atoms with Crippen LogP contribution < -0.4 is 35.0 Å². The number of nitrogens with one attached hydrogen (secondary N) is 3. The van der Waals surface area contributed by atoms with Crippen LogP contribution in [0.2, 0.25) is 15.1 Å². The summed E-state index contributed by atoms with van der Waals surface area (Å²) in [4.78, 5) is 37.3. The third-order valence-electron chi connectivity index (χ3n) is 6.69. The number of hydrazone groups is 1. The van der Waals surface area contributed by atoms with E-state index in [4.69, 9.17) is 58.5 Å². The second kappa shape index (κ2) is 16.3. The third-order valence-corrected chi connectivity index (χ3v) is 7.55. The van der Waals surface area contributed by atoms with Gasteiger partial charge in [0.1, 0.15) is 6.61 Å². The van der Waals surface area contributed by atoms with Crippen LogP contribution in [0.25, 0.3) is 0 Å². The number of esters is 1. The lowest BCUT2D eigenvalue weighted by molar-refractivity contribution is -0.139. The average molecular weight is 706 g/mol. The van der Waals surface area contributed by atoms with Crippen molar-refractivity contribution < 1.29 is 38.1 Å². The van der Waals surface area contributed by atoms with E-state index in [1.165, 1.54) is 20.4 Å². The molecule has 248 valence electrons. The molecule has 0 unspecified atom stereocenters. The van der Waals surface area contributed by atoms with E-state index in [0.29, 0.717) is 43.9 Å². The van der Waals surface area contributed by atoms with Gasteiger partial charge in [0.15, 0.2) is 29.6 Å². The van der Waals surface area contributed by atoms with E-state index >= 15 is 0 Å². The van der Waals surface area contributed by atoms with Crippen LogP contribution in [0.4, 0.5) is 4.79 Å². The van der Waals surface area contributed by atoms with Gasteiger partial charge in [0, 0.05) is 21.3 Å². The van der Waals surface area contributed by atoms with Gasteiger partial charge in [0.2, 0.25) is 0 Å². The van der Waals surface area contributed by atoms with Crippen molar-refractivity contribution in [1.29, 1.82) is 0 Å². The number of carbonyl (C=O) groups excluding carboxylic acids is 3. The highest BCUT2D eigenvalue weighted by Crippen LogP contribution is 2.37.